The summed E-state index contributed by atoms with van der Waals surface area (Å²) >= 11 is 0. The number of anilines is 2. The van der Waals surface area contributed by atoms with Gasteiger partial charge in [0, 0.05) is 22.9 Å². The van der Waals surface area contributed by atoms with E-state index in [1.807, 2.05) is 20.8 Å². The Morgan fingerprint density at radius 1 is 1.00 bits per heavy atom. The molecular formula is C25H25N3O5S. The van der Waals surface area contributed by atoms with E-state index < -0.39 is 15.9 Å². The number of carbonyl (C=O) groups is 1. The highest BCUT2D eigenvalue weighted by atomic mass is 32.2. The number of oxazole rings is 1. The molecular weight excluding hydrogens is 454 g/mol. The number of hydrogen-bond acceptors (Lipinski definition) is 6. The van der Waals surface area contributed by atoms with Gasteiger partial charge in [0.05, 0.1) is 7.11 Å². The molecule has 176 valence electrons. The molecule has 0 bridgehead atoms. The Kier molecular flexibility index (Phi) is 6.30. The third-order valence-corrected chi connectivity index (χ3v) is 6.58. The van der Waals surface area contributed by atoms with Gasteiger partial charge >= 0.3 is 0 Å². The number of ether oxygens (including phenoxy) is 1. The van der Waals surface area contributed by atoms with E-state index in [2.05, 4.69) is 15.0 Å². The summed E-state index contributed by atoms with van der Waals surface area (Å²) in [7, 11) is -2.64. The first kappa shape index (κ1) is 23.3. The number of rotatable bonds is 7. The van der Waals surface area contributed by atoms with Gasteiger partial charge in [0.2, 0.25) is 0 Å². The van der Waals surface area contributed by atoms with E-state index in [1.54, 1.807) is 42.5 Å². The largest absolute Gasteiger partial charge is 0.495 e. The van der Waals surface area contributed by atoms with Crippen molar-refractivity contribution in [2.75, 3.05) is 17.1 Å². The number of hydrogen-bond donors (Lipinski definition) is 2. The van der Waals surface area contributed by atoms with Crippen LogP contribution in [0.1, 0.15) is 41.6 Å². The lowest BCUT2D eigenvalue weighted by atomic mass is 10.2. The van der Waals surface area contributed by atoms with E-state index in [4.69, 9.17) is 9.15 Å². The number of benzene rings is 3. The zero-order valence-corrected chi connectivity index (χ0v) is 20.1. The van der Waals surface area contributed by atoms with Crippen molar-refractivity contribution in [2.24, 2.45) is 0 Å². The summed E-state index contributed by atoms with van der Waals surface area (Å²) in [5.41, 5.74) is 3.34. The molecule has 1 amide bonds. The molecule has 0 fully saturated rings. The lowest BCUT2D eigenvalue weighted by Gasteiger charge is -2.13. The second-order valence-corrected chi connectivity index (χ2v) is 9.83. The van der Waals surface area contributed by atoms with Crippen LogP contribution in [0.15, 0.2) is 70.0 Å². The average molecular weight is 480 g/mol. The Morgan fingerprint density at radius 3 is 2.38 bits per heavy atom. The summed E-state index contributed by atoms with van der Waals surface area (Å²) in [6, 6.07) is 16.3. The zero-order chi connectivity index (χ0) is 24.5. The molecule has 4 aromatic rings. The molecule has 9 heteroatoms. The minimum atomic E-state index is -4.01. The van der Waals surface area contributed by atoms with Gasteiger partial charge in [-0.25, -0.2) is 13.4 Å². The lowest BCUT2D eigenvalue weighted by molar-refractivity contribution is 0.102. The van der Waals surface area contributed by atoms with Crippen LogP contribution in [0.4, 0.5) is 11.4 Å². The molecule has 3 aromatic carbocycles. The average Bonchev–Trinajstić information content (AvgIpc) is 3.24. The second kappa shape index (κ2) is 9.18. The minimum absolute atomic E-state index is 0.126. The Balaban J connectivity index is 1.61. The van der Waals surface area contributed by atoms with Crippen LogP contribution in [-0.4, -0.2) is 26.4 Å². The molecule has 4 rings (SSSR count). The van der Waals surface area contributed by atoms with Gasteiger partial charge < -0.3 is 14.5 Å². The third-order valence-electron chi connectivity index (χ3n) is 5.17. The molecule has 0 atom stereocenters. The Labute approximate surface area is 198 Å². The summed E-state index contributed by atoms with van der Waals surface area (Å²) < 4.78 is 39.6. The molecule has 1 heterocycles. The van der Waals surface area contributed by atoms with Crippen molar-refractivity contribution in [1.82, 2.24) is 4.98 Å². The summed E-state index contributed by atoms with van der Waals surface area (Å²) in [6.45, 7) is 5.87. The van der Waals surface area contributed by atoms with Gasteiger partial charge in [-0.1, -0.05) is 31.5 Å². The molecule has 0 saturated heterocycles. The highest BCUT2D eigenvalue weighted by Gasteiger charge is 2.22. The van der Waals surface area contributed by atoms with Crippen molar-refractivity contribution >= 4 is 38.4 Å². The number of carbonyl (C=O) groups excluding carboxylic acids is 1. The number of aryl methyl sites for hydroxylation is 1. The van der Waals surface area contributed by atoms with Crippen molar-refractivity contribution in [3.63, 3.8) is 0 Å². The van der Waals surface area contributed by atoms with Crippen LogP contribution in [0.2, 0.25) is 0 Å². The predicted octanol–water partition coefficient (Wildman–Crippen LogP) is 5.32. The molecule has 8 nitrogen and oxygen atoms in total. The fraction of sp³-hybridized carbons (Fsp3) is 0.200. The standard InChI is InChI=1S/C25H25N3O5S/c1-15(2)25-27-20-14-19(10-12-21(20)33-25)26-24(29)17-7-11-22(32-4)23(13-17)34(30,31)28-18-8-5-16(3)6-9-18/h5-15,28H,1-4H3,(H,26,29). The van der Waals surface area contributed by atoms with Gasteiger partial charge in [0.25, 0.3) is 15.9 Å². The summed E-state index contributed by atoms with van der Waals surface area (Å²) in [6.07, 6.45) is 0. The normalized spacial score (nSPS) is 11.6. The molecule has 0 unspecified atom stereocenters. The topological polar surface area (TPSA) is 111 Å². The fourth-order valence-corrected chi connectivity index (χ4v) is 4.59. The maximum atomic E-state index is 13.1. The molecule has 0 spiro atoms. The van der Waals surface area contributed by atoms with Crippen molar-refractivity contribution in [1.29, 1.82) is 0 Å². The van der Waals surface area contributed by atoms with E-state index in [1.165, 1.54) is 25.3 Å². The van der Waals surface area contributed by atoms with E-state index in [9.17, 15) is 13.2 Å². The van der Waals surface area contributed by atoms with Crippen LogP contribution in [-0.2, 0) is 10.0 Å². The van der Waals surface area contributed by atoms with Crippen molar-refractivity contribution in [3.05, 3.63) is 77.7 Å². The summed E-state index contributed by atoms with van der Waals surface area (Å²) in [5.74, 6) is 0.408. The monoisotopic (exact) mass is 479 g/mol. The number of aromatic nitrogens is 1. The molecule has 0 aliphatic rings. The Bertz CT molecular complexity index is 1460. The van der Waals surface area contributed by atoms with E-state index in [-0.39, 0.29) is 22.1 Å². The fourth-order valence-electron chi connectivity index (χ4n) is 3.33. The van der Waals surface area contributed by atoms with Gasteiger partial charge in [-0.15, -0.1) is 0 Å². The molecule has 2 N–H and O–H groups in total. The zero-order valence-electron chi connectivity index (χ0n) is 19.2. The Morgan fingerprint density at radius 2 is 1.71 bits per heavy atom. The number of nitrogens with zero attached hydrogens (tertiary/aromatic N) is 1. The smallest absolute Gasteiger partial charge is 0.265 e. The molecule has 0 radical (unpaired) electrons. The van der Waals surface area contributed by atoms with Gasteiger partial charge in [-0.05, 0) is 55.5 Å². The van der Waals surface area contributed by atoms with Crippen LogP contribution < -0.4 is 14.8 Å². The van der Waals surface area contributed by atoms with Gasteiger partial charge in [-0.3, -0.25) is 9.52 Å². The number of amides is 1. The van der Waals surface area contributed by atoms with Crippen LogP contribution in [0.5, 0.6) is 5.75 Å². The van der Waals surface area contributed by atoms with Crippen LogP contribution >= 0.6 is 0 Å². The lowest BCUT2D eigenvalue weighted by Crippen LogP contribution is -2.17. The van der Waals surface area contributed by atoms with Crippen LogP contribution in [0, 0.1) is 6.92 Å². The first-order valence-corrected chi connectivity index (χ1v) is 12.1. The quantitative estimate of drug-likeness (QED) is 0.371. The maximum absolute atomic E-state index is 13.1. The highest BCUT2D eigenvalue weighted by molar-refractivity contribution is 7.92. The Hall–Kier alpha value is -3.85. The van der Waals surface area contributed by atoms with Gasteiger partial charge in [0.15, 0.2) is 11.5 Å². The number of sulfonamides is 1. The van der Waals surface area contributed by atoms with Gasteiger partial charge in [0.1, 0.15) is 16.2 Å². The van der Waals surface area contributed by atoms with Crippen molar-refractivity contribution in [2.45, 2.75) is 31.6 Å². The summed E-state index contributed by atoms with van der Waals surface area (Å²) in [5, 5.41) is 2.78. The maximum Gasteiger partial charge on any atom is 0.265 e. The van der Waals surface area contributed by atoms with E-state index >= 15 is 0 Å². The molecule has 1 aromatic heterocycles. The molecule has 0 aliphatic heterocycles. The second-order valence-electron chi connectivity index (χ2n) is 8.18. The third kappa shape index (κ3) is 4.89. The number of nitrogens with one attached hydrogen (secondary N) is 2. The first-order chi connectivity index (χ1) is 16.2. The van der Waals surface area contributed by atoms with Crippen molar-refractivity contribution in [3.8, 4) is 5.75 Å². The van der Waals surface area contributed by atoms with Gasteiger partial charge in [-0.2, -0.15) is 0 Å². The molecule has 34 heavy (non-hydrogen) atoms. The van der Waals surface area contributed by atoms with E-state index in [0.717, 1.165) is 5.56 Å². The van der Waals surface area contributed by atoms with Crippen molar-refractivity contribution < 1.29 is 22.4 Å². The molecule has 0 aliphatic carbocycles. The molecule has 0 saturated carbocycles. The number of methoxy groups -OCH3 is 1. The van der Waals surface area contributed by atoms with Crippen LogP contribution in [0.3, 0.4) is 0 Å². The summed E-state index contributed by atoms with van der Waals surface area (Å²) in [4.78, 5) is 17.2. The number of fused-ring (bicyclic) bond motifs is 1. The first-order valence-electron chi connectivity index (χ1n) is 10.7. The highest BCUT2D eigenvalue weighted by Crippen LogP contribution is 2.28. The SMILES string of the molecule is COc1ccc(C(=O)Nc2ccc3oc(C(C)C)nc3c2)cc1S(=O)(=O)Nc1ccc(C)cc1. The van der Waals surface area contributed by atoms with E-state index in [0.29, 0.717) is 28.4 Å². The van der Waals surface area contributed by atoms with Crippen LogP contribution in [0.25, 0.3) is 11.1 Å². The minimum Gasteiger partial charge on any atom is -0.495 e. The predicted molar refractivity (Wildman–Crippen MR) is 131 cm³/mol.